The molecule has 0 bridgehead atoms. The lowest BCUT2D eigenvalue weighted by molar-refractivity contribution is 0.591. The number of benzene rings is 2. The van der Waals surface area contributed by atoms with Gasteiger partial charge in [-0.2, -0.15) is 10.4 Å². The smallest absolute Gasteiger partial charge is 0.259 e. The Morgan fingerprint density at radius 1 is 1.19 bits per heavy atom. The van der Waals surface area contributed by atoms with Gasteiger partial charge in [-0.3, -0.25) is 5.43 Å². The van der Waals surface area contributed by atoms with E-state index in [1.165, 1.54) is 24.3 Å². The van der Waals surface area contributed by atoms with Gasteiger partial charge in [0.2, 0.25) is 5.71 Å². The van der Waals surface area contributed by atoms with Gasteiger partial charge in [0.25, 0.3) is 5.89 Å². The van der Waals surface area contributed by atoms with E-state index in [1.807, 2.05) is 18.2 Å². The van der Waals surface area contributed by atoms with Crippen molar-refractivity contribution >= 4 is 22.5 Å². The number of rotatable bonds is 3. The first kappa shape index (κ1) is 12.8. The highest BCUT2D eigenvalue weighted by Gasteiger charge is 2.11. The first-order valence-electron chi connectivity index (χ1n) is 6.11. The number of hydrogen-bond donors (Lipinski definition) is 1. The fourth-order valence-corrected chi connectivity index (χ4v) is 1.74. The summed E-state index contributed by atoms with van der Waals surface area (Å²) in [7, 11) is 0. The topological polar surface area (TPSA) is 74.2 Å². The Morgan fingerprint density at radius 3 is 2.67 bits per heavy atom. The lowest BCUT2D eigenvalue weighted by Crippen LogP contribution is -2.02. The Hall–Kier alpha value is -3.20. The van der Waals surface area contributed by atoms with Crippen LogP contribution < -0.4 is 5.43 Å². The summed E-state index contributed by atoms with van der Waals surface area (Å²) < 4.78 is 18.3. The zero-order chi connectivity index (χ0) is 14.7. The maximum Gasteiger partial charge on any atom is 0.259 e. The van der Waals surface area contributed by atoms with Crippen LogP contribution in [0.4, 0.5) is 10.1 Å². The molecular weight excluding hydrogens is 271 g/mol. The predicted octanol–water partition coefficient (Wildman–Crippen LogP) is 3.31. The Labute approximate surface area is 119 Å². The van der Waals surface area contributed by atoms with E-state index in [-0.39, 0.29) is 17.4 Å². The van der Waals surface area contributed by atoms with Crippen LogP contribution in [0.25, 0.3) is 11.1 Å². The highest BCUT2D eigenvalue weighted by atomic mass is 19.1. The van der Waals surface area contributed by atoms with Gasteiger partial charge in [0, 0.05) is 0 Å². The van der Waals surface area contributed by atoms with Crippen LogP contribution >= 0.6 is 0 Å². The Kier molecular flexibility index (Phi) is 3.31. The highest BCUT2D eigenvalue weighted by Crippen LogP contribution is 2.15. The van der Waals surface area contributed by atoms with E-state index in [0.29, 0.717) is 16.8 Å². The summed E-state index contributed by atoms with van der Waals surface area (Å²) in [6, 6.07) is 14.7. The summed E-state index contributed by atoms with van der Waals surface area (Å²) in [6.07, 6.45) is 0. The zero-order valence-corrected chi connectivity index (χ0v) is 10.7. The number of oxazole rings is 1. The van der Waals surface area contributed by atoms with Crippen molar-refractivity contribution < 1.29 is 8.81 Å². The van der Waals surface area contributed by atoms with E-state index >= 15 is 0 Å². The highest BCUT2D eigenvalue weighted by molar-refractivity contribution is 6.09. The molecule has 0 radical (unpaired) electrons. The number of nitrogens with one attached hydrogen (secondary N) is 1. The number of nitriles is 1. The Balaban J connectivity index is 1.89. The van der Waals surface area contributed by atoms with Gasteiger partial charge in [-0.15, -0.1) is 0 Å². The molecule has 21 heavy (non-hydrogen) atoms. The molecule has 1 N–H and O–H groups in total. The van der Waals surface area contributed by atoms with Gasteiger partial charge >= 0.3 is 0 Å². The van der Waals surface area contributed by atoms with Crippen LogP contribution in [0.3, 0.4) is 0 Å². The third kappa shape index (κ3) is 2.72. The van der Waals surface area contributed by atoms with Gasteiger partial charge in [0.1, 0.15) is 17.4 Å². The van der Waals surface area contributed by atoms with Crippen LogP contribution in [0, 0.1) is 17.1 Å². The summed E-state index contributed by atoms with van der Waals surface area (Å²) in [4.78, 5) is 4.19. The third-order valence-electron chi connectivity index (χ3n) is 2.74. The quantitative estimate of drug-likeness (QED) is 0.590. The number of para-hydroxylation sites is 2. The maximum atomic E-state index is 12.8. The van der Waals surface area contributed by atoms with Crippen molar-refractivity contribution in [1.82, 2.24) is 4.98 Å². The Bertz CT molecular complexity index is 813. The SMILES string of the molecule is N#C/C(=N\Nc1ccc(F)cc1)c1nc2ccccc2o1. The number of nitrogens with zero attached hydrogens (tertiary/aromatic N) is 3. The fraction of sp³-hybridized carbons (Fsp3) is 0. The fourth-order valence-electron chi connectivity index (χ4n) is 1.74. The molecule has 0 aliphatic heterocycles. The standard InChI is InChI=1S/C15H9FN4O/c16-10-5-7-11(8-6-10)19-20-13(9-17)15-18-12-3-1-2-4-14(12)21-15/h1-8,19H/b20-13+. The molecule has 0 unspecified atom stereocenters. The van der Waals surface area contributed by atoms with E-state index in [4.69, 9.17) is 9.68 Å². The van der Waals surface area contributed by atoms with Crippen molar-refractivity contribution in [3.8, 4) is 6.07 Å². The average Bonchev–Trinajstić information content (AvgIpc) is 2.93. The number of hydrogen-bond acceptors (Lipinski definition) is 5. The summed E-state index contributed by atoms with van der Waals surface area (Å²) in [5.41, 5.74) is 4.46. The first-order chi connectivity index (χ1) is 10.3. The minimum Gasteiger partial charge on any atom is -0.434 e. The molecule has 0 aliphatic rings. The number of aromatic nitrogens is 1. The normalized spacial score (nSPS) is 11.3. The third-order valence-corrected chi connectivity index (χ3v) is 2.74. The summed E-state index contributed by atoms with van der Waals surface area (Å²) in [6.45, 7) is 0. The predicted molar refractivity (Wildman–Crippen MR) is 76.2 cm³/mol. The van der Waals surface area contributed by atoms with Crippen molar-refractivity contribution in [2.45, 2.75) is 0 Å². The minimum absolute atomic E-state index is 0.00975. The van der Waals surface area contributed by atoms with E-state index in [1.54, 1.807) is 12.1 Å². The molecule has 2 aromatic carbocycles. The van der Waals surface area contributed by atoms with Crippen molar-refractivity contribution in [3.63, 3.8) is 0 Å². The molecular formula is C15H9FN4O. The molecule has 0 spiro atoms. The van der Waals surface area contributed by atoms with Gasteiger partial charge < -0.3 is 4.42 Å². The molecule has 3 rings (SSSR count). The molecule has 6 heteroatoms. The van der Waals surface area contributed by atoms with Crippen LogP contribution in [-0.4, -0.2) is 10.7 Å². The van der Waals surface area contributed by atoms with Crippen LogP contribution in [0.1, 0.15) is 5.89 Å². The average molecular weight is 280 g/mol. The summed E-state index contributed by atoms with van der Waals surface area (Å²) in [5.74, 6) is -0.211. The second-order valence-electron chi connectivity index (χ2n) is 4.18. The van der Waals surface area contributed by atoms with Crippen LogP contribution in [0.5, 0.6) is 0 Å². The molecule has 0 atom stereocenters. The summed E-state index contributed by atoms with van der Waals surface area (Å²) >= 11 is 0. The van der Waals surface area contributed by atoms with E-state index in [0.717, 1.165) is 0 Å². The number of anilines is 1. The second-order valence-corrected chi connectivity index (χ2v) is 4.18. The molecule has 0 saturated heterocycles. The molecule has 5 nitrogen and oxygen atoms in total. The van der Waals surface area contributed by atoms with E-state index in [2.05, 4.69) is 15.5 Å². The van der Waals surface area contributed by atoms with Crippen LogP contribution in [0.15, 0.2) is 58.0 Å². The molecule has 0 fully saturated rings. The van der Waals surface area contributed by atoms with E-state index in [9.17, 15) is 4.39 Å². The van der Waals surface area contributed by atoms with Crippen LogP contribution in [-0.2, 0) is 0 Å². The number of fused-ring (bicyclic) bond motifs is 1. The van der Waals surface area contributed by atoms with Crippen LogP contribution in [0.2, 0.25) is 0 Å². The first-order valence-corrected chi connectivity index (χ1v) is 6.11. The lowest BCUT2D eigenvalue weighted by Gasteiger charge is -1.99. The second kappa shape index (κ2) is 5.43. The maximum absolute atomic E-state index is 12.8. The number of halogens is 1. The van der Waals surface area contributed by atoms with Gasteiger partial charge in [-0.25, -0.2) is 9.37 Å². The molecule has 1 heterocycles. The zero-order valence-electron chi connectivity index (χ0n) is 10.7. The monoisotopic (exact) mass is 280 g/mol. The van der Waals surface area contributed by atoms with Crippen molar-refractivity contribution in [1.29, 1.82) is 5.26 Å². The largest absolute Gasteiger partial charge is 0.434 e. The van der Waals surface area contributed by atoms with Gasteiger partial charge in [-0.1, -0.05) is 12.1 Å². The number of hydrazone groups is 1. The van der Waals surface area contributed by atoms with E-state index < -0.39 is 0 Å². The molecule has 102 valence electrons. The molecule has 3 aromatic rings. The Morgan fingerprint density at radius 2 is 1.95 bits per heavy atom. The van der Waals surface area contributed by atoms with Crippen molar-refractivity contribution in [2.24, 2.45) is 5.10 Å². The lowest BCUT2D eigenvalue weighted by atomic mass is 10.3. The molecule has 0 saturated carbocycles. The molecule has 0 aliphatic carbocycles. The van der Waals surface area contributed by atoms with Gasteiger partial charge in [-0.05, 0) is 36.4 Å². The van der Waals surface area contributed by atoms with Crippen molar-refractivity contribution in [2.75, 3.05) is 5.43 Å². The van der Waals surface area contributed by atoms with Gasteiger partial charge in [0.15, 0.2) is 5.58 Å². The summed E-state index contributed by atoms with van der Waals surface area (Å²) in [5, 5.41) is 13.1. The molecule has 0 amide bonds. The minimum atomic E-state index is -0.344. The molecule has 1 aromatic heterocycles. The van der Waals surface area contributed by atoms with Crippen molar-refractivity contribution in [3.05, 3.63) is 60.2 Å². The van der Waals surface area contributed by atoms with Gasteiger partial charge in [0.05, 0.1) is 5.69 Å².